The van der Waals surface area contributed by atoms with Crippen LogP contribution in [-0.4, -0.2) is 20.0 Å². The summed E-state index contributed by atoms with van der Waals surface area (Å²) in [4.78, 5) is 11.2. The summed E-state index contributed by atoms with van der Waals surface area (Å²) in [7, 11) is 3.28. The van der Waals surface area contributed by atoms with Crippen LogP contribution in [0.15, 0.2) is 42.5 Å². The fraction of sp³-hybridized carbons (Fsp3) is 0.235. The van der Waals surface area contributed by atoms with Gasteiger partial charge in [-0.2, -0.15) is 0 Å². The summed E-state index contributed by atoms with van der Waals surface area (Å²) in [5.74, 6) is 1.67. The number of carbonyl (C=O) groups is 1. The highest BCUT2D eigenvalue weighted by molar-refractivity contribution is 5.94. The smallest absolute Gasteiger partial charge is 0.159 e. The minimum Gasteiger partial charge on any atom is -0.497 e. The van der Waals surface area contributed by atoms with Crippen molar-refractivity contribution in [2.45, 2.75) is 13.5 Å². The Hall–Kier alpha value is -2.49. The van der Waals surface area contributed by atoms with E-state index in [2.05, 4.69) is 5.32 Å². The van der Waals surface area contributed by atoms with E-state index in [-0.39, 0.29) is 5.78 Å². The van der Waals surface area contributed by atoms with Gasteiger partial charge in [0.25, 0.3) is 0 Å². The van der Waals surface area contributed by atoms with E-state index in [9.17, 15) is 4.79 Å². The van der Waals surface area contributed by atoms with Gasteiger partial charge in [-0.3, -0.25) is 4.79 Å². The number of ketones is 1. The van der Waals surface area contributed by atoms with Gasteiger partial charge < -0.3 is 14.8 Å². The van der Waals surface area contributed by atoms with Gasteiger partial charge in [0.05, 0.1) is 14.2 Å². The Labute approximate surface area is 124 Å². The van der Waals surface area contributed by atoms with E-state index in [1.807, 2.05) is 42.5 Å². The molecule has 0 aliphatic heterocycles. The first kappa shape index (κ1) is 14.9. The second kappa shape index (κ2) is 6.79. The molecular weight excluding hydrogens is 266 g/mol. The largest absolute Gasteiger partial charge is 0.497 e. The number of carbonyl (C=O) groups excluding carboxylic acids is 1. The van der Waals surface area contributed by atoms with Crippen molar-refractivity contribution in [2.75, 3.05) is 19.5 Å². The van der Waals surface area contributed by atoms with Crippen LogP contribution < -0.4 is 14.8 Å². The fourth-order valence-electron chi connectivity index (χ4n) is 2.04. The second-order valence-electron chi connectivity index (χ2n) is 4.66. The molecule has 0 aliphatic carbocycles. The lowest BCUT2D eigenvalue weighted by atomic mass is 10.1. The van der Waals surface area contributed by atoms with Crippen molar-refractivity contribution in [1.29, 1.82) is 0 Å². The summed E-state index contributed by atoms with van der Waals surface area (Å²) in [6.45, 7) is 2.17. The Balaban J connectivity index is 2.10. The maximum Gasteiger partial charge on any atom is 0.159 e. The van der Waals surface area contributed by atoms with Crippen molar-refractivity contribution in [1.82, 2.24) is 0 Å². The lowest BCUT2D eigenvalue weighted by Gasteiger charge is -2.12. The number of ether oxygens (including phenoxy) is 2. The molecule has 0 unspecified atom stereocenters. The van der Waals surface area contributed by atoms with Crippen LogP contribution in [-0.2, 0) is 6.54 Å². The maximum atomic E-state index is 11.2. The third-order valence-electron chi connectivity index (χ3n) is 3.26. The molecule has 1 N–H and O–H groups in total. The van der Waals surface area contributed by atoms with Gasteiger partial charge in [-0.25, -0.2) is 0 Å². The van der Waals surface area contributed by atoms with Crippen molar-refractivity contribution >= 4 is 11.5 Å². The molecule has 0 bridgehead atoms. The molecule has 21 heavy (non-hydrogen) atoms. The number of benzene rings is 2. The summed E-state index contributed by atoms with van der Waals surface area (Å²) in [6, 6.07) is 13.1. The topological polar surface area (TPSA) is 47.6 Å². The van der Waals surface area contributed by atoms with Gasteiger partial charge in [0.15, 0.2) is 5.78 Å². The highest BCUT2D eigenvalue weighted by atomic mass is 16.5. The summed E-state index contributed by atoms with van der Waals surface area (Å²) in [6.07, 6.45) is 0. The monoisotopic (exact) mass is 285 g/mol. The average Bonchev–Trinajstić information content (AvgIpc) is 2.52. The number of anilines is 1. The number of hydrogen-bond acceptors (Lipinski definition) is 4. The zero-order chi connectivity index (χ0) is 15.2. The van der Waals surface area contributed by atoms with Gasteiger partial charge in [-0.1, -0.05) is 0 Å². The van der Waals surface area contributed by atoms with Gasteiger partial charge in [0.1, 0.15) is 11.5 Å². The number of nitrogens with one attached hydrogen (secondary N) is 1. The predicted octanol–water partition coefficient (Wildman–Crippen LogP) is 3.52. The maximum absolute atomic E-state index is 11.2. The van der Waals surface area contributed by atoms with Crippen molar-refractivity contribution in [2.24, 2.45) is 0 Å². The van der Waals surface area contributed by atoms with Crippen molar-refractivity contribution < 1.29 is 14.3 Å². The van der Waals surface area contributed by atoms with E-state index in [0.717, 1.165) is 22.7 Å². The van der Waals surface area contributed by atoms with Crippen LogP contribution >= 0.6 is 0 Å². The SMILES string of the molecule is COc1ccc(OC)c(CNc2ccc(C(C)=O)cc2)c1. The Morgan fingerprint density at radius 3 is 2.33 bits per heavy atom. The van der Waals surface area contributed by atoms with E-state index >= 15 is 0 Å². The van der Waals surface area contributed by atoms with Gasteiger partial charge in [-0.05, 0) is 49.4 Å². The van der Waals surface area contributed by atoms with Crippen molar-refractivity contribution in [3.63, 3.8) is 0 Å². The van der Waals surface area contributed by atoms with Gasteiger partial charge in [0, 0.05) is 23.4 Å². The van der Waals surface area contributed by atoms with Crippen molar-refractivity contribution in [3.8, 4) is 11.5 Å². The Kier molecular flexibility index (Phi) is 4.82. The Bertz CT molecular complexity index is 620. The van der Waals surface area contributed by atoms with Crippen LogP contribution in [0.5, 0.6) is 11.5 Å². The van der Waals surface area contributed by atoms with Crippen LogP contribution in [0.3, 0.4) is 0 Å². The van der Waals surface area contributed by atoms with Gasteiger partial charge >= 0.3 is 0 Å². The molecular formula is C17H19NO3. The molecule has 0 saturated heterocycles. The standard InChI is InChI=1S/C17H19NO3/c1-12(19)13-4-6-15(7-5-13)18-11-14-10-16(20-2)8-9-17(14)21-3/h4-10,18H,11H2,1-3H3. The zero-order valence-corrected chi connectivity index (χ0v) is 12.5. The number of hydrogen-bond donors (Lipinski definition) is 1. The highest BCUT2D eigenvalue weighted by Gasteiger charge is 2.05. The van der Waals surface area contributed by atoms with Crippen LogP contribution in [0, 0.1) is 0 Å². The van der Waals surface area contributed by atoms with Gasteiger partial charge in [0.2, 0.25) is 0 Å². The van der Waals surface area contributed by atoms with Gasteiger partial charge in [-0.15, -0.1) is 0 Å². The molecule has 0 aliphatic rings. The molecule has 2 aromatic rings. The molecule has 0 atom stereocenters. The first-order valence-corrected chi connectivity index (χ1v) is 6.70. The summed E-state index contributed by atoms with van der Waals surface area (Å²) in [5.41, 5.74) is 2.66. The van der Waals surface area contributed by atoms with Crippen LogP contribution in [0.4, 0.5) is 5.69 Å². The molecule has 2 aromatic carbocycles. The Morgan fingerprint density at radius 1 is 1.05 bits per heavy atom. The summed E-state index contributed by atoms with van der Waals surface area (Å²) >= 11 is 0. The second-order valence-corrected chi connectivity index (χ2v) is 4.66. The first-order chi connectivity index (χ1) is 10.1. The van der Waals surface area contributed by atoms with Crippen LogP contribution in [0.25, 0.3) is 0 Å². The van der Waals surface area contributed by atoms with Crippen LogP contribution in [0.1, 0.15) is 22.8 Å². The Morgan fingerprint density at radius 2 is 1.76 bits per heavy atom. The molecule has 110 valence electrons. The van der Waals surface area contributed by atoms with E-state index in [0.29, 0.717) is 12.1 Å². The molecule has 0 aromatic heterocycles. The molecule has 2 rings (SSSR count). The van der Waals surface area contributed by atoms with E-state index in [1.54, 1.807) is 21.1 Å². The lowest BCUT2D eigenvalue weighted by Crippen LogP contribution is -2.02. The molecule has 0 fully saturated rings. The van der Waals surface area contributed by atoms with E-state index in [1.165, 1.54) is 0 Å². The fourth-order valence-corrected chi connectivity index (χ4v) is 2.04. The number of methoxy groups -OCH3 is 2. The molecule has 0 spiro atoms. The molecule has 4 heteroatoms. The third-order valence-corrected chi connectivity index (χ3v) is 3.26. The molecule has 0 radical (unpaired) electrons. The summed E-state index contributed by atoms with van der Waals surface area (Å²) in [5, 5.41) is 3.31. The van der Waals surface area contributed by atoms with Crippen LogP contribution in [0.2, 0.25) is 0 Å². The number of rotatable bonds is 6. The zero-order valence-electron chi connectivity index (χ0n) is 12.5. The quantitative estimate of drug-likeness (QED) is 0.825. The third kappa shape index (κ3) is 3.75. The minimum absolute atomic E-state index is 0.0658. The van der Waals surface area contributed by atoms with Crippen molar-refractivity contribution in [3.05, 3.63) is 53.6 Å². The normalized spacial score (nSPS) is 10.0. The lowest BCUT2D eigenvalue weighted by molar-refractivity contribution is 0.101. The van der Waals surface area contributed by atoms with E-state index in [4.69, 9.17) is 9.47 Å². The van der Waals surface area contributed by atoms with E-state index < -0.39 is 0 Å². The first-order valence-electron chi connectivity index (χ1n) is 6.70. The molecule has 0 saturated carbocycles. The molecule has 0 heterocycles. The highest BCUT2D eigenvalue weighted by Crippen LogP contribution is 2.24. The average molecular weight is 285 g/mol. The number of Topliss-reactive ketones (excluding diaryl/α,β-unsaturated/α-hetero) is 1. The predicted molar refractivity (Wildman–Crippen MR) is 83.3 cm³/mol. The molecule has 4 nitrogen and oxygen atoms in total. The summed E-state index contributed by atoms with van der Waals surface area (Å²) < 4.78 is 10.6. The minimum atomic E-state index is 0.0658. The molecule has 0 amide bonds.